The summed E-state index contributed by atoms with van der Waals surface area (Å²) in [5.41, 5.74) is 1.76. The van der Waals surface area contributed by atoms with Crippen molar-refractivity contribution in [1.29, 1.82) is 0 Å². The summed E-state index contributed by atoms with van der Waals surface area (Å²) in [6.45, 7) is 0.138. The van der Waals surface area contributed by atoms with Crippen LogP contribution in [0.2, 0.25) is 5.02 Å². The molecule has 0 radical (unpaired) electrons. The van der Waals surface area contributed by atoms with Crippen molar-refractivity contribution in [3.8, 4) is 11.5 Å². The smallest absolute Gasteiger partial charge is 0.247 e. The lowest BCUT2D eigenvalue weighted by atomic mass is 9.84. The molecule has 0 saturated heterocycles. The Hall–Kier alpha value is -2.84. The molecule has 1 N–H and O–H groups in total. The molecule has 2 fully saturated rings. The second kappa shape index (κ2) is 10.7. The van der Waals surface area contributed by atoms with Gasteiger partial charge in [-0.2, -0.15) is 0 Å². The van der Waals surface area contributed by atoms with Crippen LogP contribution >= 0.6 is 11.6 Å². The quantitative estimate of drug-likeness (QED) is 0.371. The second-order valence-electron chi connectivity index (χ2n) is 10.7. The minimum Gasteiger partial charge on any atom is -0.454 e. The first-order valence-electron chi connectivity index (χ1n) is 13.6. The molecule has 3 aliphatic rings. The number of benzene rings is 2. The predicted octanol–water partition coefficient (Wildman–Crippen LogP) is 6.47. The molecule has 1 aromatic heterocycles. The van der Waals surface area contributed by atoms with Crippen LogP contribution < -0.4 is 14.8 Å². The van der Waals surface area contributed by atoms with E-state index >= 15 is 0 Å². The van der Waals surface area contributed by atoms with E-state index in [4.69, 9.17) is 30.8 Å². The van der Waals surface area contributed by atoms with Gasteiger partial charge in [-0.05, 0) is 55.4 Å². The molecule has 9 heteroatoms. The minimum atomic E-state index is -0.784. The number of carbonyl (C=O) groups is 1. The van der Waals surface area contributed by atoms with Gasteiger partial charge in [0.25, 0.3) is 0 Å². The SMILES string of the molecule is COC(c1nc2cc(F)c(Cl)cc2n1C(C(=O)NC1CCCC1)c1ccc2c(c1)OCO2)C1CCCCC1. The molecule has 2 saturated carbocycles. The Morgan fingerprint density at radius 1 is 1.08 bits per heavy atom. The van der Waals surface area contributed by atoms with E-state index < -0.39 is 11.9 Å². The van der Waals surface area contributed by atoms with Crippen LogP contribution in [0.3, 0.4) is 0 Å². The van der Waals surface area contributed by atoms with Gasteiger partial charge in [-0.3, -0.25) is 4.79 Å². The highest BCUT2D eigenvalue weighted by atomic mass is 35.5. The fourth-order valence-electron chi connectivity index (χ4n) is 6.38. The number of aromatic nitrogens is 2. The maximum Gasteiger partial charge on any atom is 0.247 e. The van der Waals surface area contributed by atoms with Crippen molar-refractivity contribution in [1.82, 2.24) is 14.9 Å². The average molecular weight is 542 g/mol. The zero-order valence-electron chi connectivity index (χ0n) is 21.6. The van der Waals surface area contributed by atoms with Gasteiger partial charge in [0.1, 0.15) is 23.8 Å². The molecule has 6 rings (SSSR count). The number of fused-ring (bicyclic) bond motifs is 2. The Balaban J connectivity index is 1.54. The normalized spacial score (nSPS) is 19.7. The van der Waals surface area contributed by atoms with Crippen molar-refractivity contribution >= 4 is 28.5 Å². The molecule has 2 aliphatic carbocycles. The third kappa shape index (κ3) is 4.73. The van der Waals surface area contributed by atoms with Crippen LogP contribution in [0.5, 0.6) is 11.5 Å². The van der Waals surface area contributed by atoms with Crippen LogP contribution in [0, 0.1) is 11.7 Å². The number of carbonyl (C=O) groups excluding carboxylic acids is 1. The average Bonchev–Trinajstić information content (AvgIpc) is 3.67. The van der Waals surface area contributed by atoms with Gasteiger partial charge in [0.2, 0.25) is 12.7 Å². The van der Waals surface area contributed by atoms with Gasteiger partial charge in [0.15, 0.2) is 11.5 Å². The summed E-state index contributed by atoms with van der Waals surface area (Å²) in [5, 5.41) is 3.26. The van der Waals surface area contributed by atoms with E-state index in [1.54, 1.807) is 13.2 Å². The third-order valence-electron chi connectivity index (χ3n) is 8.27. The molecular weight excluding hydrogens is 509 g/mol. The zero-order valence-corrected chi connectivity index (χ0v) is 22.3. The molecule has 7 nitrogen and oxygen atoms in total. The summed E-state index contributed by atoms with van der Waals surface area (Å²) < 4.78 is 33.8. The van der Waals surface area contributed by atoms with Crippen LogP contribution in [0.4, 0.5) is 4.39 Å². The number of rotatable bonds is 7. The van der Waals surface area contributed by atoms with Crippen LogP contribution in [-0.2, 0) is 9.53 Å². The van der Waals surface area contributed by atoms with Gasteiger partial charge in [0, 0.05) is 19.2 Å². The number of halogens is 2. The van der Waals surface area contributed by atoms with Crippen molar-refractivity contribution < 1.29 is 23.4 Å². The molecule has 1 aliphatic heterocycles. The zero-order chi connectivity index (χ0) is 26.2. The first-order valence-corrected chi connectivity index (χ1v) is 14.0. The Kier molecular flexibility index (Phi) is 7.18. The Morgan fingerprint density at radius 2 is 1.82 bits per heavy atom. The second-order valence-corrected chi connectivity index (χ2v) is 11.1. The molecule has 2 heterocycles. The Morgan fingerprint density at radius 3 is 2.58 bits per heavy atom. The van der Waals surface area contributed by atoms with Crippen LogP contribution in [0.25, 0.3) is 11.0 Å². The largest absolute Gasteiger partial charge is 0.454 e. The molecule has 1 amide bonds. The summed E-state index contributed by atoms with van der Waals surface area (Å²) in [5.74, 6) is 1.40. The van der Waals surface area contributed by atoms with Crippen LogP contribution in [0.15, 0.2) is 30.3 Å². The molecule has 0 bridgehead atoms. The number of hydrogen-bond acceptors (Lipinski definition) is 5. The van der Waals surface area contributed by atoms with Crippen molar-refractivity contribution in [3.63, 3.8) is 0 Å². The summed E-state index contributed by atoms with van der Waals surface area (Å²) in [6.07, 6.45) is 9.24. The maximum atomic E-state index is 14.6. The number of hydrogen-bond donors (Lipinski definition) is 1. The van der Waals surface area contributed by atoms with Crippen molar-refractivity contribution in [2.45, 2.75) is 76.0 Å². The number of amides is 1. The van der Waals surface area contributed by atoms with E-state index in [1.807, 2.05) is 22.8 Å². The highest BCUT2D eigenvalue weighted by Gasteiger charge is 2.36. The van der Waals surface area contributed by atoms with Crippen molar-refractivity contribution in [3.05, 3.63) is 52.6 Å². The number of nitrogens with one attached hydrogen (secondary N) is 1. The standard InChI is InChI=1S/C29H33ClFN3O4/c1-36-27(17-7-3-2-4-8-17)28-33-22-15-21(31)20(30)14-23(22)34(28)26(29(35)32-19-9-5-6-10-19)18-11-12-24-25(13-18)38-16-37-24/h11-15,17,19,26-27H,2-10,16H2,1H3,(H,32,35). The minimum absolute atomic E-state index is 0.0162. The Bertz CT molecular complexity index is 1330. The maximum absolute atomic E-state index is 14.6. The highest BCUT2D eigenvalue weighted by molar-refractivity contribution is 6.31. The molecular formula is C29H33ClFN3O4. The number of ether oxygens (including phenoxy) is 3. The van der Waals surface area contributed by atoms with E-state index in [-0.39, 0.29) is 35.8 Å². The van der Waals surface area contributed by atoms with Gasteiger partial charge < -0.3 is 24.1 Å². The lowest BCUT2D eigenvalue weighted by Gasteiger charge is -2.31. The molecule has 2 unspecified atom stereocenters. The first-order chi connectivity index (χ1) is 18.5. The van der Waals surface area contributed by atoms with E-state index in [0.29, 0.717) is 28.4 Å². The molecule has 0 spiro atoms. The van der Waals surface area contributed by atoms with Crippen molar-refractivity contribution in [2.24, 2.45) is 5.92 Å². The lowest BCUT2D eigenvalue weighted by Crippen LogP contribution is -2.39. The number of nitrogens with zero attached hydrogens (tertiary/aromatic N) is 2. The summed E-state index contributed by atoms with van der Waals surface area (Å²) in [6, 6.07) is 7.81. The summed E-state index contributed by atoms with van der Waals surface area (Å²) in [7, 11) is 1.69. The Labute approximate surface area is 226 Å². The molecule has 202 valence electrons. The fraction of sp³-hybridized carbons (Fsp3) is 0.517. The van der Waals surface area contributed by atoms with E-state index in [1.165, 1.54) is 12.5 Å². The van der Waals surface area contributed by atoms with Gasteiger partial charge in [-0.25, -0.2) is 9.37 Å². The molecule has 38 heavy (non-hydrogen) atoms. The highest BCUT2D eigenvalue weighted by Crippen LogP contribution is 2.42. The molecule has 3 aromatic rings. The third-order valence-corrected chi connectivity index (χ3v) is 8.56. The number of methoxy groups -OCH3 is 1. The van der Waals surface area contributed by atoms with E-state index in [2.05, 4.69) is 5.32 Å². The van der Waals surface area contributed by atoms with Gasteiger partial charge in [-0.15, -0.1) is 0 Å². The van der Waals surface area contributed by atoms with Gasteiger partial charge >= 0.3 is 0 Å². The van der Waals surface area contributed by atoms with Crippen LogP contribution in [-0.4, -0.2) is 35.4 Å². The van der Waals surface area contributed by atoms with Gasteiger partial charge in [-0.1, -0.05) is 49.8 Å². The number of imidazole rings is 1. The summed E-state index contributed by atoms with van der Waals surface area (Å²) in [4.78, 5) is 19.1. The fourth-order valence-corrected chi connectivity index (χ4v) is 6.54. The summed E-state index contributed by atoms with van der Waals surface area (Å²) >= 11 is 6.29. The molecule has 2 aromatic carbocycles. The first kappa shape index (κ1) is 25.4. The van der Waals surface area contributed by atoms with Crippen molar-refractivity contribution in [2.75, 3.05) is 13.9 Å². The lowest BCUT2D eigenvalue weighted by molar-refractivity contribution is -0.124. The molecule has 2 atom stereocenters. The van der Waals surface area contributed by atoms with E-state index in [0.717, 1.165) is 56.9 Å². The monoisotopic (exact) mass is 541 g/mol. The topological polar surface area (TPSA) is 74.6 Å². The van der Waals surface area contributed by atoms with Gasteiger partial charge in [0.05, 0.1) is 16.1 Å². The van der Waals surface area contributed by atoms with Crippen LogP contribution in [0.1, 0.15) is 81.3 Å². The van der Waals surface area contributed by atoms with E-state index in [9.17, 15) is 9.18 Å². The predicted molar refractivity (Wildman–Crippen MR) is 142 cm³/mol.